The van der Waals surface area contributed by atoms with Gasteiger partial charge in [-0.1, -0.05) is 98.4 Å². The Kier molecular flexibility index (Phi) is 41.1. The molecule has 1 saturated heterocycles. The Morgan fingerprint density at radius 3 is 1.56 bits per heavy atom. The molecule has 1 fully saturated rings. The maximum Gasteiger partial charge on any atom is 0.326 e. The highest BCUT2D eigenvalue weighted by Crippen LogP contribution is 2.20. The van der Waals surface area contributed by atoms with Crippen LogP contribution in [-0.4, -0.2) is 241 Å². The zero-order valence-corrected chi connectivity index (χ0v) is 56.8. The molecule has 0 aliphatic carbocycles. The maximum absolute atomic E-state index is 13.9. The van der Waals surface area contributed by atoms with Gasteiger partial charge < -0.3 is 62.3 Å². The van der Waals surface area contributed by atoms with Crippen molar-refractivity contribution in [3.05, 3.63) is 70.8 Å². The van der Waals surface area contributed by atoms with E-state index in [4.69, 9.17) is 17.3 Å². The molecular formula is C68H103N9O19S. The molecule has 4 amide bonds. The number of nitrogens with zero attached hydrogens (tertiary/aromatic N) is 4. The number of urea groups is 1. The molecule has 2 aromatic carbocycles. The van der Waals surface area contributed by atoms with Crippen molar-refractivity contribution in [2.45, 2.75) is 179 Å². The fourth-order valence-corrected chi connectivity index (χ4v) is 11.6. The summed E-state index contributed by atoms with van der Waals surface area (Å²) in [6.07, 6.45) is 9.15. The highest BCUT2D eigenvalue weighted by Gasteiger charge is 2.30. The fourth-order valence-electron chi connectivity index (χ4n) is 11.3. The van der Waals surface area contributed by atoms with Gasteiger partial charge in [0.15, 0.2) is 0 Å². The first-order valence-corrected chi connectivity index (χ1v) is 34.2. The summed E-state index contributed by atoms with van der Waals surface area (Å²) in [6.45, 7) is 2.49. The van der Waals surface area contributed by atoms with Crippen molar-refractivity contribution in [3.8, 4) is 0 Å². The largest absolute Gasteiger partial charge is 0.481 e. The molecule has 0 saturated carbocycles. The number of carboxylic acids is 7. The Bertz CT molecular complexity index is 2850. The van der Waals surface area contributed by atoms with Gasteiger partial charge in [-0.2, -0.15) is 0 Å². The number of Topliss-reactive ketones (excluding diaryl/α,β-unsaturated/α-hetero) is 2. The van der Waals surface area contributed by atoms with Gasteiger partial charge in [0.05, 0.1) is 31.2 Å². The van der Waals surface area contributed by atoms with E-state index in [9.17, 15) is 88.2 Å². The van der Waals surface area contributed by atoms with Crippen molar-refractivity contribution in [2.24, 2.45) is 5.92 Å². The van der Waals surface area contributed by atoms with Crippen LogP contribution in [0.4, 0.5) is 4.79 Å². The molecule has 1 heterocycles. The van der Waals surface area contributed by atoms with Crippen LogP contribution < -0.4 is 26.6 Å². The number of ketones is 2. The van der Waals surface area contributed by atoms with Crippen LogP contribution in [0, 0.1) is 12.8 Å². The molecule has 3 rings (SSSR count). The number of carboxylic acid groups (broad SMARTS) is 7. The second-order valence-corrected chi connectivity index (χ2v) is 25.5. The molecule has 12 N–H and O–H groups in total. The number of benzene rings is 2. The normalized spacial score (nSPS) is 15.2. The maximum atomic E-state index is 13.9. The number of hydrogen-bond acceptors (Lipinski definition) is 17. The van der Waals surface area contributed by atoms with Crippen LogP contribution in [0.15, 0.2) is 48.5 Å². The summed E-state index contributed by atoms with van der Waals surface area (Å²) in [5, 5.41) is 81.0. The predicted octanol–water partition coefficient (Wildman–Crippen LogP) is 4.64. The average molecular weight is 1380 g/mol. The second kappa shape index (κ2) is 47.8. The SMILES string of the molecule is Cc1ccc(CCCC(=O)NCCCC[C@H](NC(=O)[C@H](CCCCNC(=S)Cc2ccc(CC3CN(CC(=O)O)CCN(CC(=O)O)CCN(CC(=O)O)CCN3CC(=O)O)cc2)CC(=O)CCCCCCCCC(=O)CC[C@H](NC(=O)NCCCC(=O)O)C(=O)O)C(=O)O)cc1. The van der Waals surface area contributed by atoms with Crippen molar-refractivity contribution in [2.75, 3.05) is 91.6 Å². The van der Waals surface area contributed by atoms with Crippen LogP contribution in [0.25, 0.3) is 0 Å². The van der Waals surface area contributed by atoms with Crippen LogP contribution in [0.2, 0.25) is 0 Å². The molecule has 540 valence electrons. The van der Waals surface area contributed by atoms with Crippen molar-refractivity contribution < 1.29 is 93.3 Å². The zero-order chi connectivity index (χ0) is 71.5. The third-order valence-corrected chi connectivity index (χ3v) is 17.0. The summed E-state index contributed by atoms with van der Waals surface area (Å²) >= 11 is 5.71. The number of thiocarbonyl (C=S) groups is 1. The van der Waals surface area contributed by atoms with Gasteiger partial charge in [0.1, 0.15) is 23.7 Å². The van der Waals surface area contributed by atoms with Crippen molar-refractivity contribution in [1.82, 2.24) is 46.2 Å². The van der Waals surface area contributed by atoms with Crippen LogP contribution in [0.5, 0.6) is 0 Å². The minimum absolute atomic E-state index is 0.0442. The Hall–Kier alpha value is -7.99. The minimum atomic E-state index is -1.30. The molecular weight excluding hydrogens is 1280 g/mol. The number of carbonyl (C=O) groups excluding carboxylic acids is 5. The number of carbonyl (C=O) groups is 12. The summed E-state index contributed by atoms with van der Waals surface area (Å²) in [4.78, 5) is 154. The summed E-state index contributed by atoms with van der Waals surface area (Å²) in [7, 11) is 0. The minimum Gasteiger partial charge on any atom is -0.481 e. The Balaban J connectivity index is 1.58. The summed E-state index contributed by atoms with van der Waals surface area (Å²) in [5.41, 5.74) is 3.98. The number of nitrogens with one attached hydrogen (secondary N) is 5. The van der Waals surface area contributed by atoms with Gasteiger partial charge in [0.2, 0.25) is 11.8 Å². The molecule has 4 atom stereocenters. The monoisotopic (exact) mass is 1380 g/mol. The first-order chi connectivity index (χ1) is 46.2. The molecule has 0 aromatic heterocycles. The molecule has 1 aliphatic heterocycles. The van der Waals surface area contributed by atoms with Crippen molar-refractivity contribution in [1.29, 1.82) is 0 Å². The van der Waals surface area contributed by atoms with Crippen LogP contribution >= 0.6 is 12.2 Å². The lowest BCUT2D eigenvalue weighted by atomic mass is 9.92. The van der Waals surface area contributed by atoms with Crippen LogP contribution in [-0.2, 0) is 72.0 Å². The van der Waals surface area contributed by atoms with E-state index in [1.807, 2.05) is 55.5 Å². The highest BCUT2D eigenvalue weighted by molar-refractivity contribution is 7.80. The third-order valence-electron chi connectivity index (χ3n) is 16.7. The molecule has 0 spiro atoms. The molecule has 29 heteroatoms. The van der Waals surface area contributed by atoms with E-state index in [-0.39, 0.29) is 147 Å². The number of hydrogen-bond donors (Lipinski definition) is 12. The summed E-state index contributed by atoms with van der Waals surface area (Å²) in [6, 6.07) is 11.8. The number of unbranched alkanes of at least 4 members (excludes halogenated alkanes) is 7. The molecule has 0 radical (unpaired) electrons. The van der Waals surface area contributed by atoms with Gasteiger partial charge in [-0.25, -0.2) is 14.4 Å². The number of aryl methyl sites for hydroxylation is 2. The first kappa shape index (κ1) is 83.2. The molecule has 28 nitrogen and oxygen atoms in total. The van der Waals surface area contributed by atoms with E-state index in [1.165, 1.54) is 0 Å². The van der Waals surface area contributed by atoms with Gasteiger partial charge >= 0.3 is 47.8 Å². The van der Waals surface area contributed by atoms with E-state index in [2.05, 4.69) is 26.6 Å². The summed E-state index contributed by atoms with van der Waals surface area (Å²) in [5.74, 6) is -9.71. The molecule has 1 aliphatic rings. The van der Waals surface area contributed by atoms with E-state index in [0.29, 0.717) is 88.7 Å². The van der Waals surface area contributed by atoms with E-state index < -0.39 is 84.3 Å². The highest BCUT2D eigenvalue weighted by atomic mass is 32.1. The quantitative estimate of drug-likeness (QED) is 0.0317. The number of rotatable bonds is 49. The fraction of sp³-hybridized carbons (Fsp3) is 0.632. The number of amides is 4. The smallest absolute Gasteiger partial charge is 0.326 e. The average Bonchev–Trinajstić information content (AvgIpc) is 0.876. The lowest BCUT2D eigenvalue weighted by Crippen LogP contribution is -2.53. The number of aliphatic carboxylic acids is 7. The van der Waals surface area contributed by atoms with Gasteiger partial charge in [0, 0.05) is 122 Å². The first-order valence-electron chi connectivity index (χ1n) is 33.8. The second-order valence-electron chi connectivity index (χ2n) is 25.0. The standard InChI is InChI=1S/C68H103N9O19S/c1-48-21-23-49(24-22-48)14-12-19-58(80)69-31-11-9-18-56(66(92)93)72-65(91)52(42-55(79)17-7-5-3-2-4-6-16-54(78)29-30-57(67(94)95)73-68(96)71-33-13-20-60(81)82)15-8-10-32-70-59(97)41-51-27-25-50(26-28-51)40-53-43-76(46-63(87)88)37-36-74(44-61(83)84)34-35-75(45-62(85)86)38-39-77(53)47-64(89)90/h21-28,52-53,56-57H,2-20,29-47H2,1H3,(H,69,80)(H,70,97)(H,72,91)(H,81,82)(H,83,84)(H,85,86)(H,87,88)(H,89,90)(H,92,93)(H,94,95)(H2,71,73,96)/t52-,53?,56+,57+/m1/s1. The molecule has 0 bridgehead atoms. The lowest BCUT2D eigenvalue weighted by molar-refractivity contribution is -0.143. The topological polar surface area (TPSA) is 420 Å². The van der Waals surface area contributed by atoms with Gasteiger partial charge in [-0.15, -0.1) is 0 Å². The Morgan fingerprint density at radius 2 is 0.969 bits per heavy atom. The molecule has 2 aromatic rings. The Labute approximate surface area is 573 Å². The van der Waals surface area contributed by atoms with Crippen molar-refractivity contribution >= 4 is 88.4 Å². The predicted molar refractivity (Wildman–Crippen MR) is 363 cm³/mol. The Morgan fingerprint density at radius 1 is 0.464 bits per heavy atom. The van der Waals surface area contributed by atoms with E-state index >= 15 is 0 Å². The van der Waals surface area contributed by atoms with E-state index in [0.717, 1.165) is 47.9 Å². The van der Waals surface area contributed by atoms with Crippen molar-refractivity contribution in [3.63, 3.8) is 0 Å². The summed E-state index contributed by atoms with van der Waals surface area (Å²) < 4.78 is 0. The van der Waals surface area contributed by atoms with Crippen LogP contribution in [0.1, 0.15) is 157 Å². The van der Waals surface area contributed by atoms with E-state index in [1.54, 1.807) is 19.6 Å². The van der Waals surface area contributed by atoms with Gasteiger partial charge in [0.25, 0.3) is 0 Å². The lowest BCUT2D eigenvalue weighted by Gasteiger charge is -2.37. The zero-order valence-electron chi connectivity index (χ0n) is 56.0. The molecule has 97 heavy (non-hydrogen) atoms. The van der Waals surface area contributed by atoms with Gasteiger partial charge in [-0.05, 0) is 101 Å². The van der Waals surface area contributed by atoms with Gasteiger partial charge in [-0.3, -0.25) is 62.8 Å². The molecule has 1 unspecified atom stereocenters. The third kappa shape index (κ3) is 39.7. The van der Waals surface area contributed by atoms with Crippen LogP contribution in [0.3, 0.4) is 0 Å².